The summed E-state index contributed by atoms with van der Waals surface area (Å²) in [5.41, 5.74) is 0. The first-order valence-electron chi connectivity index (χ1n) is 2.07. The van der Waals surface area contributed by atoms with Gasteiger partial charge in [0.15, 0.2) is 5.06 Å². The monoisotopic (exact) mass is 120 g/mol. The molecule has 2 nitrogen and oxygen atoms in total. The number of hydrogen-bond donors (Lipinski definition) is 0. The maximum atomic E-state index is 9.55. The van der Waals surface area contributed by atoms with Gasteiger partial charge >= 0.3 is 0 Å². The predicted molar refractivity (Wildman–Crippen MR) is 25.0 cm³/mol. The smallest absolute Gasteiger partial charge is 0.294 e. The second-order valence-corrected chi connectivity index (χ2v) is 2.29. The SMILES string of the molecule is O=COC1(Cl)CC1. The number of carbonyl (C=O) groups is 1. The van der Waals surface area contributed by atoms with E-state index in [2.05, 4.69) is 4.74 Å². The van der Waals surface area contributed by atoms with Crippen molar-refractivity contribution in [3.05, 3.63) is 0 Å². The largest absolute Gasteiger partial charge is 0.445 e. The van der Waals surface area contributed by atoms with Gasteiger partial charge in [-0.25, -0.2) is 0 Å². The van der Waals surface area contributed by atoms with E-state index in [-0.39, 0.29) is 0 Å². The molecule has 3 heteroatoms. The fraction of sp³-hybridized carbons (Fsp3) is 0.750. The summed E-state index contributed by atoms with van der Waals surface area (Å²) in [6.07, 6.45) is 1.60. The summed E-state index contributed by atoms with van der Waals surface area (Å²) in [4.78, 5) is 9.55. The topological polar surface area (TPSA) is 26.3 Å². The summed E-state index contributed by atoms with van der Waals surface area (Å²) < 4.78 is 4.43. The Morgan fingerprint density at radius 3 is 2.43 bits per heavy atom. The molecule has 40 valence electrons. The van der Waals surface area contributed by atoms with Crippen molar-refractivity contribution in [2.75, 3.05) is 0 Å². The Bertz CT molecular complexity index is 87.7. The Hall–Kier alpha value is -0.240. The van der Waals surface area contributed by atoms with Gasteiger partial charge in [0.05, 0.1) is 0 Å². The van der Waals surface area contributed by atoms with E-state index in [1.165, 1.54) is 0 Å². The van der Waals surface area contributed by atoms with Crippen LogP contribution in [0.3, 0.4) is 0 Å². The van der Waals surface area contributed by atoms with Crippen molar-refractivity contribution in [2.24, 2.45) is 0 Å². The van der Waals surface area contributed by atoms with Gasteiger partial charge in [-0.2, -0.15) is 0 Å². The molecule has 0 amide bonds. The zero-order valence-corrected chi connectivity index (χ0v) is 4.44. The lowest BCUT2D eigenvalue weighted by Crippen LogP contribution is -2.01. The van der Waals surface area contributed by atoms with E-state index in [0.717, 1.165) is 12.8 Å². The molecule has 0 atom stereocenters. The fourth-order valence-corrected chi connectivity index (χ4v) is 0.433. The van der Waals surface area contributed by atoms with Crippen molar-refractivity contribution in [3.63, 3.8) is 0 Å². The number of alkyl halides is 1. The van der Waals surface area contributed by atoms with Crippen LogP contribution in [-0.2, 0) is 9.53 Å². The Morgan fingerprint density at radius 2 is 2.29 bits per heavy atom. The molecule has 0 heterocycles. The van der Waals surface area contributed by atoms with Gasteiger partial charge in [0.2, 0.25) is 0 Å². The van der Waals surface area contributed by atoms with E-state index in [9.17, 15) is 4.79 Å². The summed E-state index contributed by atoms with van der Waals surface area (Å²) >= 11 is 5.49. The molecule has 0 unspecified atom stereocenters. The van der Waals surface area contributed by atoms with Crippen LogP contribution in [0.2, 0.25) is 0 Å². The number of hydrogen-bond acceptors (Lipinski definition) is 2. The van der Waals surface area contributed by atoms with Crippen molar-refractivity contribution >= 4 is 18.1 Å². The number of halogens is 1. The Kier molecular flexibility index (Phi) is 0.961. The lowest BCUT2D eigenvalue weighted by Gasteiger charge is -1.98. The molecule has 7 heavy (non-hydrogen) atoms. The van der Waals surface area contributed by atoms with Crippen LogP contribution in [0.1, 0.15) is 12.8 Å². The molecule has 0 aliphatic heterocycles. The highest BCUT2D eigenvalue weighted by Gasteiger charge is 2.42. The highest BCUT2D eigenvalue weighted by atomic mass is 35.5. The number of carbonyl (C=O) groups excluding carboxylic acids is 1. The van der Waals surface area contributed by atoms with Crippen LogP contribution < -0.4 is 0 Å². The summed E-state index contributed by atoms with van der Waals surface area (Å²) in [6.45, 7) is 0.389. The van der Waals surface area contributed by atoms with E-state index >= 15 is 0 Å². The van der Waals surface area contributed by atoms with Crippen LogP contribution >= 0.6 is 11.6 Å². The van der Waals surface area contributed by atoms with Gasteiger partial charge in [-0.3, -0.25) is 4.79 Å². The first kappa shape index (κ1) is 4.91. The van der Waals surface area contributed by atoms with Crippen LogP contribution in [-0.4, -0.2) is 11.5 Å². The number of rotatable bonds is 2. The van der Waals surface area contributed by atoms with Crippen LogP contribution in [0.25, 0.3) is 0 Å². The molecule has 1 aliphatic carbocycles. The highest BCUT2D eigenvalue weighted by Crippen LogP contribution is 2.42. The average Bonchev–Trinajstić information content (AvgIpc) is 2.22. The summed E-state index contributed by atoms with van der Waals surface area (Å²) in [6, 6.07) is 0. The molecule has 0 N–H and O–H groups in total. The fourth-order valence-electron chi connectivity index (χ4n) is 0.302. The average molecular weight is 121 g/mol. The van der Waals surface area contributed by atoms with Gasteiger partial charge < -0.3 is 4.74 Å². The minimum absolute atomic E-state index is 0.389. The van der Waals surface area contributed by atoms with Crippen LogP contribution in [0.15, 0.2) is 0 Å². The van der Waals surface area contributed by atoms with Crippen molar-refractivity contribution in [1.82, 2.24) is 0 Å². The molecule has 0 aromatic rings. The molecule has 0 radical (unpaired) electrons. The lowest BCUT2D eigenvalue weighted by atomic mass is 10.8. The molecule has 0 aromatic carbocycles. The summed E-state index contributed by atoms with van der Waals surface area (Å²) in [7, 11) is 0. The third kappa shape index (κ3) is 1.06. The molecule has 0 saturated heterocycles. The van der Waals surface area contributed by atoms with Crippen molar-refractivity contribution in [1.29, 1.82) is 0 Å². The summed E-state index contributed by atoms with van der Waals surface area (Å²) in [5, 5.41) is -0.595. The summed E-state index contributed by atoms with van der Waals surface area (Å²) in [5.74, 6) is 0. The van der Waals surface area contributed by atoms with Gasteiger partial charge in [-0.05, 0) is 0 Å². The van der Waals surface area contributed by atoms with E-state index in [4.69, 9.17) is 11.6 Å². The minimum atomic E-state index is -0.595. The molecule has 1 rings (SSSR count). The van der Waals surface area contributed by atoms with E-state index < -0.39 is 5.06 Å². The Morgan fingerprint density at radius 1 is 1.71 bits per heavy atom. The zero-order chi connectivity index (χ0) is 5.33. The first-order valence-corrected chi connectivity index (χ1v) is 2.45. The molecule has 0 bridgehead atoms. The van der Waals surface area contributed by atoms with Gasteiger partial charge in [0.25, 0.3) is 6.47 Å². The first-order chi connectivity index (χ1) is 3.27. The maximum Gasteiger partial charge on any atom is 0.294 e. The van der Waals surface area contributed by atoms with Crippen LogP contribution in [0, 0.1) is 0 Å². The molecular formula is C4H5ClO2. The van der Waals surface area contributed by atoms with Crippen molar-refractivity contribution < 1.29 is 9.53 Å². The zero-order valence-electron chi connectivity index (χ0n) is 3.69. The van der Waals surface area contributed by atoms with E-state index in [1.54, 1.807) is 0 Å². The minimum Gasteiger partial charge on any atom is -0.445 e. The molecule has 0 spiro atoms. The van der Waals surface area contributed by atoms with E-state index in [1.807, 2.05) is 0 Å². The molecule has 1 saturated carbocycles. The van der Waals surface area contributed by atoms with Gasteiger partial charge in [0.1, 0.15) is 0 Å². The van der Waals surface area contributed by atoms with Crippen molar-refractivity contribution in [2.45, 2.75) is 17.9 Å². The standard InChI is InChI=1S/C4H5ClO2/c5-4(1-2-4)7-3-6/h3H,1-2H2. The highest BCUT2D eigenvalue weighted by molar-refractivity contribution is 6.25. The van der Waals surface area contributed by atoms with E-state index in [0.29, 0.717) is 6.47 Å². The second-order valence-electron chi connectivity index (χ2n) is 1.60. The third-order valence-electron chi connectivity index (χ3n) is 0.902. The van der Waals surface area contributed by atoms with Gasteiger partial charge in [0, 0.05) is 12.8 Å². The third-order valence-corrected chi connectivity index (χ3v) is 1.37. The normalized spacial score (nSPS) is 23.6. The lowest BCUT2D eigenvalue weighted by molar-refractivity contribution is -0.131. The molecular weight excluding hydrogens is 115 g/mol. The quantitative estimate of drug-likeness (QED) is 0.400. The Labute approximate surface area is 46.4 Å². The van der Waals surface area contributed by atoms with Gasteiger partial charge in [-0.15, -0.1) is 0 Å². The van der Waals surface area contributed by atoms with Crippen molar-refractivity contribution in [3.8, 4) is 0 Å². The number of ether oxygens (including phenoxy) is 1. The van der Waals surface area contributed by atoms with Crippen LogP contribution in [0.5, 0.6) is 0 Å². The van der Waals surface area contributed by atoms with Gasteiger partial charge in [-0.1, -0.05) is 11.6 Å². The predicted octanol–water partition coefficient (Wildman–Crippen LogP) is 0.888. The second kappa shape index (κ2) is 1.37. The Balaban J connectivity index is 2.25. The molecule has 1 fully saturated rings. The van der Waals surface area contributed by atoms with Crippen LogP contribution in [0.4, 0.5) is 0 Å². The maximum absolute atomic E-state index is 9.55. The molecule has 0 aromatic heterocycles. The molecule has 1 aliphatic rings.